The summed E-state index contributed by atoms with van der Waals surface area (Å²) in [6.45, 7) is 1.66. The second-order valence-electron chi connectivity index (χ2n) is 3.65. The summed E-state index contributed by atoms with van der Waals surface area (Å²) < 4.78 is 5.26. The van der Waals surface area contributed by atoms with Crippen molar-refractivity contribution in [3.05, 3.63) is 50.7 Å². The molecule has 5 nitrogen and oxygen atoms in total. The summed E-state index contributed by atoms with van der Waals surface area (Å²) in [5, 5.41) is 10.8. The molecule has 0 bridgehead atoms. The normalized spacial score (nSPS) is 10.3. The van der Waals surface area contributed by atoms with Crippen molar-refractivity contribution >= 4 is 23.6 Å². The second kappa shape index (κ2) is 4.62. The third kappa shape index (κ3) is 2.00. The van der Waals surface area contributed by atoms with Gasteiger partial charge >= 0.3 is 0 Å². The van der Waals surface area contributed by atoms with Gasteiger partial charge in [-0.1, -0.05) is 11.6 Å². The molecule has 18 heavy (non-hydrogen) atoms. The standard InChI is InChI=1S/C12H8ClNO4/c1-7-9(11-5-2-8(6-15)18-11)3-4-10(12(7)13)14(16)17/h2-6H,1H3. The molecule has 0 aliphatic rings. The molecule has 1 heterocycles. The van der Waals surface area contributed by atoms with Crippen molar-refractivity contribution in [2.45, 2.75) is 6.92 Å². The van der Waals surface area contributed by atoms with E-state index in [9.17, 15) is 14.9 Å². The van der Waals surface area contributed by atoms with Gasteiger partial charge in [-0.05, 0) is 30.7 Å². The van der Waals surface area contributed by atoms with Crippen LogP contribution >= 0.6 is 11.6 Å². The average Bonchev–Trinajstić information content (AvgIpc) is 2.80. The number of nitrogens with zero attached hydrogens (tertiary/aromatic N) is 1. The minimum absolute atomic E-state index is 0.0709. The maximum atomic E-state index is 10.7. The van der Waals surface area contributed by atoms with Crippen molar-refractivity contribution in [2.24, 2.45) is 0 Å². The van der Waals surface area contributed by atoms with E-state index in [1.807, 2.05) is 0 Å². The van der Waals surface area contributed by atoms with Crippen LogP contribution in [-0.2, 0) is 0 Å². The third-order valence-electron chi connectivity index (χ3n) is 2.57. The predicted molar refractivity (Wildman–Crippen MR) is 65.9 cm³/mol. The number of hydrogen-bond donors (Lipinski definition) is 0. The molecule has 0 aliphatic heterocycles. The molecular weight excluding hydrogens is 258 g/mol. The molecule has 0 spiro atoms. The van der Waals surface area contributed by atoms with Crippen molar-refractivity contribution < 1.29 is 14.1 Å². The highest BCUT2D eigenvalue weighted by molar-refractivity contribution is 6.33. The van der Waals surface area contributed by atoms with Crippen LogP contribution in [-0.4, -0.2) is 11.2 Å². The summed E-state index contributed by atoms with van der Waals surface area (Å²) in [7, 11) is 0. The number of hydrogen-bond acceptors (Lipinski definition) is 4. The van der Waals surface area contributed by atoms with E-state index in [2.05, 4.69) is 0 Å². The number of rotatable bonds is 3. The lowest BCUT2D eigenvalue weighted by atomic mass is 10.1. The van der Waals surface area contributed by atoms with Gasteiger partial charge in [0.15, 0.2) is 12.0 Å². The first-order valence-electron chi connectivity index (χ1n) is 5.03. The average molecular weight is 266 g/mol. The lowest BCUT2D eigenvalue weighted by molar-refractivity contribution is -0.384. The van der Waals surface area contributed by atoms with Crippen molar-refractivity contribution in [3.63, 3.8) is 0 Å². The van der Waals surface area contributed by atoms with Gasteiger partial charge in [0, 0.05) is 11.6 Å². The van der Waals surface area contributed by atoms with Crippen LogP contribution in [0.25, 0.3) is 11.3 Å². The SMILES string of the molecule is Cc1c(-c2ccc(C=O)o2)ccc([N+](=O)[O-])c1Cl. The molecule has 0 saturated carbocycles. The molecule has 0 N–H and O–H groups in total. The summed E-state index contributed by atoms with van der Waals surface area (Å²) in [6, 6.07) is 6.01. The van der Waals surface area contributed by atoms with Crippen LogP contribution in [0.4, 0.5) is 5.69 Å². The molecule has 0 fully saturated rings. The number of furan rings is 1. The summed E-state index contributed by atoms with van der Waals surface area (Å²) in [6.07, 6.45) is 0.589. The monoisotopic (exact) mass is 265 g/mol. The Balaban J connectivity index is 2.56. The van der Waals surface area contributed by atoms with E-state index in [-0.39, 0.29) is 16.5 Å². The topological polar surface area (TPSA) is 73.3 Å². The maximum absolute atomic E-state index is 10.7. The van der Waals surface area contributed by atoms with E-state index in [1.165, 1.54) is 12.1 Å². The maximum Gasteiger partial charge on any atom is 0.288 e. The van der Waals surface area contributed by atoms with E-state index in [0.29, 0.717) is 23.2 Å². The first kappa shape index (κ1) is 12.3. The highest BCUT2D eigenvalue weighted by atomic mass is 35.5. The number of carbonyl (C=O) groups excluding carboxylic acids is 1. The molecule has 0 amide bonds. The fourth-order valence-corrected chi connectivity index (χ4v) is 1.87. The molecule has 1 aromatic carbocycles. The molecule has 0 aliphatic carbocycles. The van der Waals surface area contributed by atoms with E-state index >= 15 is 0 Å². The van der Waals surface area contributed by atoms with Gasteiger partial charge < -0.3 is 4.42 Å². The number of carbonyl (C=O) groups is 1. The lowest BCUT2D eigenvalue weighted by Crippen LogP contribution is -1.92. The first-order valence-corrected chi connectivity index (χ1v) is 5.41. The van der Waals surface area contributed by atoms with Gasteiger partial charge in [-0.15, -0.1) is 0 Å². The highest BCUT2D eigenvalue weighted by Gasteiger charge is 2.18. The zero-order valence-corrected chi connectivity index (χ0v) is 10.1. The fraction of sp³-hybridized carbons (Fsp3) is 0.0833. The van der Waals surface area contributed by atoms with Crippen molar-refractivity contribution in [2.75, 3.05) is 0 Å². The van der Waals surface area contributed by atoms with E-state index in [1.54, 1.807) is 19.1 Å². The van der Waals surface area contributed by atoms with Gasteiger partial charge in [0.05, 0.1) is 4.92 Å². The Kier molecular flexibility index (Phi) is 3.16. The summed E-state index contributed by atoms with van der Waals surface area (Å²) >= 11 is 5.93. The third-order valence-corrected chi connectivity index (χ3v) is 3.05. The van der Waals surface area contributed by atoms with E-state index in [0.717, 1.165) is 0 Å². The molecule has 6 heteroatoms. The minimum atomic E-state index is -0.544. The van der Waals surface area contributed by atoms with Crippen molar-refractivity contribution in [1.82, 2.24) is 0 Å². The largest absolute Gasteiger partial charge is 0.453 e. The van der Waals surface area contributed by atoms with Gasteiger partial charge in [0.2, 0.25) is 0 Å². The predicted octanol–water partition coefficient (Wildman–Crippen LogP) is 3.63. The van der Waals surface area contributed by atoms with Gasteiger partial charge in [-0.3, -0.25) is 14.9 Å². The van der Waals surface area contributed by atoms with Crippen molar-refractivity contribution in [1.29, 1.82) is 0 Å². The molecular formula is C12H8ClNO4. The molecule has 0 unspecified atom stereocenters. The van der Waals surface area contributed by atoms with Crippen LogP contribution in [0.1, 0.15) is 16.1 Å². The Morgan fingerprint density at radius 1 is 1.33 bits per heavy atom. The fourth-order valence-electron chi connectivity index (χ4n) is 1.64. The zero-order valence-electron chi connectivity index (χ0n) is 9.34. The highest BCUT2D eigenvalue weighted by Crippen LogP contribution is 2.35. The summed E-state index contributed by atoms with van der Waals surface area (Å²) in [5.41, 5.74) is 1.01. The van der Waals surface area contributed by atoms with Gasteiger partial charge in [-0.2, -0.15) is 0 Å². The van der Waals surface area contributed by atoms with E-state index < -0.39 is 4.92 Å². The Morgan fingerprint density at radius 2 is 2.06 bits per heavy atom. The van der Waals surface area contributed by atoms with Crippen LogP contribution < -0.4 is 0 Å². The number of nitro benzene ring substituents is 1. The first-order chi connectivity index (χ1) is 8.54. The number of nitro groups is 1. The molecule has 1 aromatic heterocycles. The molecule has 0 atom stereocenters. The van der Waals surface area contributed by atoms with Crippen LogP contribution in [0.5, 0.6) is 0 Å². The zero-order chi connectivity index (χ0) is 13.3. The lowest BCUT2D eigenvalue weighted by Gasteiger charge is -2.05. The Labute approximate surface area is 107 Å². The van der Waals surface area contributed by atoms with Gasteiger partial charge in [0.25, 0.3) is 5.69 Å². The number of aldehydes is 1. The van der Waals surface area contributed by atoms with Gasteiger partial charge in [0.1, 0.15) is 10.8 Å². The quantitative estimate of drug-likeness (QED) is 0.482. The van der Waals surface area contributed by atoms with Crippen LogP contribution in [0.2, 0.25) is 5.02 Å². The second-order valence-corrected chi connectivity index (χ2v) is 4.03. The molecule has 2 aromatic rings. The van der Waals surface area contributed by atoms with Crippen LogP contribution in [0.15, 0.2) is 28.7 Å². The molecule has 92 valence electrons. The molecule has 0 radical (unpaired) electrons. The number of benzene rings is 1. The molecule has 2 rings (SSSR count). The summed E-state index contributed by atoms with van der Waals surface area (Å²) in [4.78, 5) is 20.7. The molecule has 0 saturated heterocycles. The van der Waals surface area contributed by atoms with Crippen molar-refractivity contribution in [3.8, 4) is 11.3 Å². The number of halogens is 1. The Bertz CT molecular complexity index is 633. The Morgan fingerprint density at radius 3 is 2.61 bits per heavy atom. The minimum Gasteiger partial charge on any atom is -0.453 e. The van der Waals surface area contributed by atoms with E-state index in [4.69, 9.17) is 16.0 Å². The summed E-state index contributed by atoms with van der Waals surface area (Å²) in [5.74, 6) is 0.644. The van der Waals surface area contributed by atoms with Crippen LogP contribution in [0.3, 0.4) is 0 Å². The van der Waals surface area contributed by atoms with Gasteiger partial charge in [-0.25, -0.2) is 0 Å². The Hall–Kier alpha value is -2.14. The smallest absolute Gasteiger partial charge is 0.288 e. The van der Waals surface area contributed by atoms with Crippen LogP contribution in [0, 0.1) is 17.0 Å².